The maximum atomic E-state index is 13.7. The average molecular weight is 282 g/mol. The van der Waals surface area contributed by atoms with E-state index in [2.05, 4.69) is 10.2 Å². The van der Waals surface area contributed by atoms with Gasteiger partial charge < -0.3 is 19.7 Å². The van der Waals surface area contributed by atoms with Gasteiger partial charge in [-0.3, -0.25) is 0 Å². The lowest BCUT2D eigenvalue weighted by atomic mass is 10.2. The molecule has 6 heteroatoms. The Labute approximate surface area is 117 Å². The highest BCUT2D eigenvalue weighted by Crippen LogP contribution is 2.25. The number of piperazine rings is 1. The first kappa shape index (κ1) is 14.6. The molecule has 0 unspecified atom stereocenters. The summed E-state index contributed by atoms with van der Waals surface area (Å²) >= 11 is 0. The van der Waals surface area contributed by atoms with E-state index in [1.807, 2.05) is 0 Å². The lowest BCUT2D eigenvalue weighted by molar-refractivity contribution is -0.145. The molecule has 1 aromatic carbocycles. The summed E-state index contributed by atoms with van der Waals surface area (Å²) in [5.41, 5.74) is 0.895. The number of halogens is 1. The zero-order valence-corrected chi connectivity index (χ0v) is 11.5. The zero-order chi connectivity index (χ0) is 14.4. The molecule has 0 saturated carbocycles. The van der Waals surface area contributed by atoms with Crippen LogP contribution >= 0.6 is 0 Å². The fraction of sp³-hybridized carbons (Fsp3) is 0.500. The summed E-state index contributed by atoms with van der Waals surface area (Å²) < 4.78 is 23.6. The van der Waals surface area contributed by atoms with Crippen LogP contribution in [-0.4, -0.2) is 45.4 Å². The fourth-order valence-electron chi connectivity index (χ4n) is 2.06. The van der Waals surface area contributed by atoms with Crippen molar-refractivity contribution in [2.75, 3.05) is 44.3 Å². The molecule has 0 atom stereocenters. The van der Waals surface area contributed by atoms with Gasteiger partial charge in [-0.1, -0.05) is 0 Å². The van der Waals surface area contributed by atoms with Gasteiger partial charge in [0.15, 0.2) is 18.2 Å². The molecule has 0 aliphatic carbocycles. The van der Waals surface area contributed by atoms with Crippen LogP contribution in [0.15, 0.2) is 18.2 Å². The number of rotatable bonds is 5. The normalized spacial score (nSPS) is 15.0. The molecule has 1 aromatic rings. The SMILES string of the molecule is CCOC(=O)COc1cc(N2CCNCC2)ccc1F. The minimum atomic E-state index is -0.500. The van der Waals surface area contributed by atoms with Crippen molar-refractivity contribution in [2.24, 2.45) is 0 Å². The van der Waals surface area contributed by atoms with E-state index in [1.165, 1.54) is 6.07 Å². The first-order valence-corrected chi connectivity index (χ1v) is 6.74. The van der Waals surface area contributed by atoms with Crippen molar-refractivity contribution in [1.82, 2.24) is 5.32 Å². The smallest absolute Gasteiger partial charge is 0.344 e. The second-order valence-electron chi connectivity index (χ2n) is 4.45. The van der Waals surface area contributed by atoms with Gasteiger partial charge >= 0.3 is 5.97 Å². The molecule has 5 nitrogen and oxygen atoms in total. The van der Waals surface area contributed by atoms with Crippen LogP contribution in [0.25, 0.3) is 0 Å². The fourth-order valence-corrected chi connectivity index (χ4v) is 2.06. The quantitative estimate of drug-likeness (QED) is 0.822. The van der Waals surface area contributed by atoms with Gasteiger partial charge in [0.2, 0.25) is 0 Å². The Kier molecular flexibility index (Phi) is 5.17. The van der Waals surface area contributed by atoms with Crippen molar-refractivity contribution < 1.29 is 18.7 Å². The number of anilines is 1. The van der Waals surface area contributed by atoms with E-state index in [0.717, 1.165) is 31.9 Å². The number of hydrogen-bond donors (Lipinski definition) is 1. The Morgan fingerprint density at radius 1 is 1.40 bits per heavy atom. The van der Waals surface area contributed by atoms with Crippen LogP contribution in [0, 0.1) is 5.82 Å². The van der Waals surface area contributed by atoms with E-state index in [9.17, 15) is 9.18 Å². The Balaban J connectivity index is 2.02. The predicted octanol–water partition coefficient (Wildman–Crippen LogP) is 1.18. The summed E-state index contributed by atoms with van der Waals surface area (Å²) in [6.45, 7) is 5.24. The molecular formula is C14H19FN2O3. The summed E-state index contributed by atoms with van der Waals surface area (Å²) in [6.07, 6.45) is 0. The van der Waals surface area contributed by atoms with Crippen molar-refractivity contribution in [3.8, 4) is 5.75 Å². The van der Waals surface area contributed by atoms with Crippen molar-refractivity contribution in [3.63, 3.8) is 0 Å². The Morgan fingerprint density at radius 2 is 2.15 bits per heavy atom. The average Bonchev–Trinajstić information content (AvgIpc) is 2.47. The molecule has 2 rings (SSSR count). The van der Waals surface area contributed by atoms with Gasteiger partial charge in [-0.05, 0) is 19.1 Å². The van der Waals surface area contributed by atoms with E-state index in [1.54, 1.807) is 19.1 Å². The Bertz CT molecular complexity index is 462. The highest BCUT2D eigenvalue weighted by atomic mass is 19.1. The predicted molar refractivity (Wildman–Crippen MR) is 73.6 cm³/mol. The molecule has 0 amide bonds. The molecule has 0 bridgehead atoms. The highest BCUT2D eigenvalue weighted by molar-refractivity contribution is 5.71. The molecule has 1 fully saturated rings. The molecule has 0 spiro atoms. The van der Waals surface area contributed by atoms with Crippen molar-refractivity contribution >= 4 is 11.7 Å². The number of hydrogen-bond acceptors (Lipinski definition) is 5. The molecule has 1 N–H and O–H groups in total. The summed E-state index contributed by atoms with van der Waals surface area (Å²) in [5, 5.41) is 3.26. The monoisotopic (exact) mass is 282 g/mol. The van der Waals surface area contributed by atoms with Crippen molar-refractivity contribution in [1.29, 1.82) is 0 Å². The number of ether oxygens (including phenoxy) is 2. The second kappa shape index (κ2) is 7.09. The lowest BCUT2D eigenvalue weighted by Crippen LogP contribution is -2.43. The maximum Gasteiger partial charge on any atom is 0.344 e. The Morgan fingerprint density at radius 3 is 2.85 bits per heavy atom. The van der Waals surface area contributed by atoms with Crippen LogP contribution in [0.5, 0.6) is 5.75 Å². The van der Waals surface area contributed by atoms with E-state index < -0.39 is 11.8 Å². The van der Waals surface area contributed by atoms with Crippen LogP contribution in [0.3, 0.4) is 0 Å². The number of carbonyl (C=O) groups excluding carboxylic acids is 1. The minimum Gasteiger partial charge on any atom is -0.479 e. The third-order valence-electron chi connectivity index (χ3n) is 3.05. The number of carbonyl (C=O) groups is 1. The van der Waals surface area contributed by atoms with Gasteiger partial charge in [-0.2, -0.15) is 0 Å². The topological polar surface area (TPSA) is 50.8 Å². The number of nitrogens with zero attached hydrogens (tertiary/aromatic N) is 1. The molecule has 1 heterocycles. The lowest BCUT2D eigenvalue weighted by Gasteiger charge is -2.29. The molecule has 1 aliphatic rings. The van der Waals surface area contributed by atoms with Crippen molar-refractivity contribution in [2.45, 2.75) is 6.92 Å². The summed E-state index contributed by atoms with van der Waals surface area (Å²) in [4.78, 5) is 13.4. The van der Waals surface area contributed by atoms with Gasteiger partial charge in [-0.15, -0.1) is 0 Å². The third kappa shape index (κ3) is 3.84. The minimum absolute atomic E-state index is 0.0779. The van der Waals surface area contributed by atoms with Crippen LogP contribution in [0.4, 0.5) is 10.1 Å². The highest BCUT2D eigenvalue weighted by Gasteiger charge is 2.14. The van der Waals surface area contributed by atoms with Crippen LogP contribution in [0.1, 0.15) is 6.92 Å². The standard InChI is InChI=1S/C14H19FN2O3/c1-2-19-14(18)10-20-13-9-11(3-4-12(13)15)17-7-5-16-6-8-17/h3-4,9,16H,2,5-8,10H2,1H3. The van der Waals surface area contributed by atoms with Crippen LogP contribution in [-0.2, 0) is 9.53 Å². The molecular weight excluding hydrogens is 263 g/mol. The van der Waals surface area contributed by atoms with Crippen molar-refractivity contribution in [3.05, 3.63) is 24.0 Å². The summed E-state index contributed by atoms with van der Waals surface area (Å²) in [5.74, 6) is -0.901. The van der Waals surface area contributed by atoms with Gasteiger partial charge in [0.1, 0.15) is 0 Å². The van der Waals surface area contributed by atoms with E-state index >= 15 is 0 Å². The van der Waals surface area contributed by atoms with Gasteiger partial charge in [0.05, 0.1) is 6.61 Å². The van der Waals surface area contributed by atoms with Gasteiger partial charge in [0, 0.05) is 37.9 Å². The third-order valence-corrected chi connectivity index (χ3v) is 3.05. The van der Waals surface area contributed by atoms with Gasteiger partial charge in [-0.25, -0.2) is 9.18 Å². The molecule has 1 saturated heterocycles. The van der Waals surface area contributed by atoms with Crippen LogP contribution < -0.4 is 15.0 Å². The Hall–Kier alpha value is -1.82. The zero-order valence-electron chi connectivity index (χ0n) is 11.5. The molecule has 0 aromatic heterocycles. The first-order chi connectivity index (χ1) is 9.70. The number of nitrogens with one attached hydrogen (secondary N) is 1. The molecule has 20 heavy (non-hydrogen) atoms. The van der Waals surface area contributed by atoms with E-state index in [-0.39, 0.29) is 19.0 Å². The second-order valence-corrected chi connectivity index (χ2v) is 4.45. The summed E-state index contributed by atoms with van der Waals surface area (Å²) in [7, 11) is 0. The van der Waals surface area contributed by atoms with E-state index in [4.69, 9.17) is 9.47 Å². The molecule has 1 aliphatic heterocycles. The first-order valence-electron chi connectivity index (χ1n) is 6.74. The maximum absolute atomic E-state index is 13.7. The van der Waals surface area contributed by atoms with E-state index in [0.29, 0.717) is 0 Å². The molecule has 110 valence electrons. The van der Waals surface area contributed by atoms with Gasteiger partial charge in [0.25, 0.3) is 0 Å². The largest absolute Gasteiger partial charge is 0.479 e. The molecule has 0 radical (unpaired) electrons. The van der Waals surface area contributed by atoms with Crippen LogP contribution in [0.2, 0.25) is 0 Å². The number of esters is 1. The number of benzene rings is 1. The summed E-state index contributed by atoms with van der Waals surface area (Å²) in [6, 6.07) is 4.70.